The van der Waals surface area contributed by atoms with Gasteiger partial charge in [-0.05, 0) is 36.1 Å². The van der Waals surface area contributed by atoms with E-state index >= 15 is 0 Å². The highest BCUT2D eigenvalue weighted by Crippen LogP contribution is 2.32. The minimum absolute atomic E-state index is 0.0151. The number of hydrogen-bond acceptors (Lipinski definition) is 2. The van der Waals surface area contributed by atoms with Gasteiger partial charge in [0.25, 0.3) is 0 Å². The van der Waals surface area contributed by atoms with Gasteiger partial charge in [-0.15, -0.1) is 0 Å². The summed E-state index contributed by atoms with van der Waals surface area (Å²) in [5.74, 6) is 0.0721. The molecule has 112 valence electrons. The van der Waals surface area contributed by atoms with Crippen LogP contribution in [0.1, 0.15) is 37.8 Å². The molecule has 0 aliphatic rings. The maximum Gasteiger partial charge on any atom is 0.416 e. The van der Waals surface area contributed by atoms with Crippen molar-refractivity contribution in [3.05, 3.63) is 29.3 Å². The molecule has 20 heavy (non-hydrogen) atoms. The average Bonchev–Trinajstić information content (AvgIpc) is 2.34. The van der Waals surface area contributed by atoms with Crippen LogP contribution in [0.25, 0.3) is 0 Å². The normalized spacial score (nSPS) is 11.8. The van der Waals surface area contributed by atoms with Crippen LogP contribution >= 0.6 is 0 Å². The van der Waals surface area contributed by atoms with Crippen LogP contribution in [0.15, 0.2) is 18.2 Å². The Balaban J connectivity index is 2.86. The van der Waals surface area contributed by atoms with Crippen molar-refractivity contribution < 1.29 is 18.0 Å². The van der Waals surface area contributed by atoms with Gasteiger partial charge in [0.1, 0.15) is 0 Å². The lowest BCUT2D eigenvalue weighted by molar-refractivity contribution is -0.137. The Bertz CT molecular complexity index is 470. The summed E-state index contributed by atoms with van der Waals surface area (Å²) in [4.78, 5) is 11.7. The fraction of sp³-hybridized carbons (Fsp3) is 0.500. The van der Waals surface area contributed by atoms with E-state index < -0.39 is 11.7 Å². The van der Waals surface area contributed by atoms with Gasteiger partial charge in [0.05, 0.1) is 5.56 Å². The zero-order valence-electron chi connectivity index (χ0n) is 11.6. The number of benzene rings is 1. The summed E-state index contributed by atoms with van der Waals surface area (Å²) in [6.45, 7) is 3.94. The van der Waals surface area contributed by atoms with Crippen LogP contribution in [0.5, 0.6) is 0 Å². The van der Waals surface area contributed by atoms with Crippen molar-refractivity contribution in [2.75, 3.05) is 5.32 Å². The first-order valence-electron chi connectivity index (χ1n) is 6.43. The third-order valence-corrected chi connectivity index (χ3v) is 2.79. The van der Waals surface area contributed by atoms with Crippen molar-refractivity contribution in [1.82, 2.24) is 0 Å². The van der Waals surface area contributed by atoms with E-state index in [0.29, 0.717) is 17.9 Å². The van der Waals surface area contributed by atoms with Gasteiger partial charge in [-0.1, -0.05) is 13.8 Å². The molecule has 0 spiro atoms. The number of halogens is 3. The number of nitrogens with two attached hydrogens (primary N) is 1. The molecule has 1 amide bonds. The van der Waals surface area contributed by atoms with Gasteiger partial charge in [0.2, 0.25) is 5.91 Å². The van der Waals surface area contributed by atoms with Gasteiger partial charge >= 0.3 is 6.18 Å². The van der Waals surface area contributed by atoms with Crippen molar-refractivity contribution in [1.29, 1.82) is 0 Å². The van der Waals surface area contributed by atoms with Gasteiger partial charge < -0.3 is 11.1 Å². The zero-order valence-corrected chi connectivity index (χ0v) is 11.6. The Labute approximate surface area is 116 Å². The van der Waals surface area contributed by atoms with Gasteiger partial charge in [0, 0.05) is 18.7 Å². The van der Waals surface area contributed by atoms with Gasteiger partial charge in [0.15, 0.2) is 0 Å². The molecular formula is C14H19F3N2O. The summed E-state index contributed by atoms with van der Waals surface area (Å²) >= 11 is 0. The summed E-state index contributed by atoms with van der Waals surface area (Å²) in [6.07, 6.45) is -3.48. The second-order valence-corrected chi connectivity index (χ2v) is 5.10. The molecule has 3 nitrogen and oxygen atoms in total. The third-order valence-electron chi connectivity index (χ3n) is 2.79. The molecule has 1 aromatic rings. The highest BCUT2D eigenvalue weighted by atomic mass is 19.4. The Hall–Kier alpha value is -1.56. The summed E-state index contributed by atoms with van der Waals surface area (Å²) in [6, 6.07) is 3.37. The number of carbonyl (C=O) groups is 1. The van der Waals surface area contributed by atoms with E-state index in [4.69, 9.17) is 5.73 Å². The Morgan fingerprint density at radius 3 is 2.45 bits per heavy atom. The molecule has 1 aromatic carbocycles. The molecular weight excluding hydrogens is 269 g/mol. The van der Waals surface area contributed by atoms with Gasteiger partial charge in [-0.3, -0.25) is 4.79 Å². The minimum Gasteiger partial charge on any atom is -0.326 e. The zero-order chi connectivity index (χ0) is 15.3. The topological polar surface area (TPSA) is 55.1 Å². The standard InChI is InChI=1S/C14H19F3N2O/c1-9(2)3-4-13(20)19-12-6-10(8-18)5-11(7-12)14(15,16)17/h5-7,9H,3-4,8,18H2,1-2H3,(H,19,20). The van der Waals surface area contributed by atoms with Crippen molar-refractivity contribution >= 4 is 11.6 Å². The fourth-order valence-corrected chi connectivity index (χ4v) is 1.69. The van der Waals surface area contributed by atoms with E-state index in [0.717, 1.165) is 12.1 Å². The predicted octanol–water partition coefficient (Wildman–Crippen LogP) is 3.54. The van der Waals surface area contributed by atoms with Crippen LogP contribution in [0.3, 0.4) is 0 Å². The molecule has 0 atom stereocenters. The van der Waals surface area contributed by atoms with E-state index in [1.807, 2.05) is 13.8 Å². The molecule has 0 heterocycles. The van der Waals surface area contributed by atoms with Crippen molar-refractivity contribution in [2.45, 2.75) is 39.4 Å². The average molecular weight is 288 g/mol. The van der Waals surface area contributed by atoms with Crippen molar-refractivity contribution in [2.24, 2.45) is 11.7 Å². The number of carbonyl (C=O) groups excluding carboxylic acids is 1. The highest BCUT2D eigenvalue weighted by molar-refractivity contribution is 5.90. The number of hydrogen-bond donors (Lipinski definition) is 2. The monoisotopic (exact) mass is 288 g/mol. The molecule has 0 unspecified atom stereocenters. The van der Waals surface area contributed by atoms with Crippen LogP contribution in [0, 0.1) is 5.92 Å². The lowest BCUT2D eigenvalue weighted by Gasteiger charge is -2.13. The first-order valence-corrected chi connectivity index (χ1v) is 6.43. The van der Waals surface area contributed by atoms with Crippen LogP contribution in [-0.2, 0) is 17.5 Å². The Kier molecular flexibility index (Phi) is 5.56. The molecule has 1 rings (SSSR count). The molecule has 0 radical (unpaired) electrons. The van der Waals surface area contributed by atoms with Crippen molar-refractivity contribution in [3.63, 3.8) is 0 Å². The molecule has 0 aromatic heterocycles. The number of nitrogens with one attached hydrogen (secondary N) is 1. The SMILES string of the molecule is CC(C)CCC(=O)Nc1cc(CN)cc(C(F)(F)F)c1. The number of alkyl halides is 3. The predicted molar refractivity (Wildman–Crippen MR) is 72.0 cm³/mol. The molecule has 0 aliphatic heterocycles. The quantitative estimate of drug-likeness (QED) is 0.870. The van der Waals surface area contributed by atoms with E-state index in [1.165, 1.54) is 6.07 Å². The summed E-state index contributed by atoms with van der Waals surface area (Å²) < 4.78 is 38.2. The third kappa shape index (κ3) is 5.21. The minimum atomic E-state index is -4.46. The Morgan fingerprint density at radius 2 is 1.95 bits per heavy atom. The molecule has 0 bridgehead atoms. The van der Waals surface area contributed by atoms with Crippen LogP contribution in [0.2, 0.25) is 0 Å². The Morgan fingerprint density at radius 1 is 1.30 bits per heavy atom. The summed E-state index contributed by atoms with van der Waals surface area (Å²) in [5, 5.41) is 2.49. The van der Waals surface area contributed by atoms with Gasteiger partial charge in [-0.25, -0.2) is 0 Å². The molecule has 0 fully saturated rings. The molecule has 0 saturated heterocycles. The number of anilines is 1. The van der Waals surface area contributed by atoms with Gasteiger partial charge in [-0.2, -0.15) is 13.2 Å². The molecule has 6 heteroatoms. The molecule has 0 saturated carbocycles. The lowest BCUT2D eigenvalue weighted by Crippen LogP contribution is -2.14. The van der Waals surface area contributed by atoms with E-state index in [2.05, 4.69) is 5.32 Å². The second kappa shape index (κ2) is 6.74. The maximum absolute atomic E-state index is 12.7. The smallest absolute Gasteiger partial charge is 0.326 e. The van der Waals surface area contributed by atoms with Crippen LogP contribution in [0.4, 0.5) is 18.9 Å². The fourth-order valence-electron chi connectivity index (χ4n) is 1.69. The largest absolute Gasteiger partial charge is 0.416 e. The molecule has 0 aliphatic carbocycles. The van der Waals surface area contributed by atoms with Crippen molar-refractivity contribution in [3.8, 4) is 0 Å². The lowest BCUT2D eigenvalue weighted by atomic mass is 10.1. The van der Waals surface area contributed by atoms with Crippen LogP contribution in [-0.4, -0.2) is 5.91 Å². The highest BCUT2D eigenvalue weighted by Gasteiger charge is 2.31. The van der Waals surface area contributed by atoms with E-state index in [9.17, 15) is 18.0 Å². The maximum atomic E-state index is 12.7. The number of amides is 1. The first-order chi connectivity index (χ1) is 9.22. The van der Waals surface area contributed by atoms with E-state index in [-0.39, 0.29) is 24.6 Å². The number of rotatable bonds is 5. The molecule has 3 N–H and O–H groups in total. The van der Waals surface area contributed by atoms with Crippen LogP contribution < -0.4 is 11.1 Å². The van der Waals surface area contributed by atoms with E-state index in [1.54, 1.807) is 0 Å². The summed E-state index contributed by atoms with van der Waals surface area (Å²) in [5.41, 5.74) is 5.04. The summed E-state index contributed by atoms with van der Waals surface area (Å²) in [7, 11) is 0. The first kappa shape index (κ1) is 16.5. The second-order valence-electron chi connectivity index (χ2n) is 5.10.